The van der Waals surface area contributed by atoms with E-state index in [1.165, 1.54) is 5.56 Å². The van der Waals surface area contributed by atoms with Crippen molar-refractivity contribution < 1.29 is 14.3 Å². The largest absolute Gasteiger partial charge is 0.489 e. The van der Waals surface area contributed by atoms with E-state index >= 15 is 0 Å². The Morgan fingerprint density at radius 1 is 1.20 bits per heavy atom. The highest BCUT2D eigenvalue weighted by Gasteiger charge is 2.30. The molecule has 0 amide bonds. The summed E-state index contributed by atoms with van der Waals surface area (Å²) in [6.45, 7) is 6.72. The number of aromatic nitrogens is 1. The topological polar surface area (TPSA) is 51.7 Å². The van der Waals surface area contributed by atoms with Crippen molar-refractivity contribution in [3.8, 4) is 11.6 Å². The van der Waals surface area contributed by atoms with Gasteiger partial charge in [0.2, 0.25) is 5.88 Å². The summed E-state index contributed by atoms with van der Waals surface area (Å²) >= 11 is 0. The van der Waals surface area contributed by atoms with E-state index in [-0.39, 0.29) is 12.0 Å². The highest BCUT2D eigenvalue weighted by molar-refractivity contribution is 5.83. The van der Waals surface area contributed by atoms with Crippen LogP contribution in [-0.4, -0.2) is 36.6 Å². The number of ether oxygens (including phenoxy) is 2. The van der Waals surface area contributed by atoms with Gasteiger partial charge in [-0.05, 0) is 48.9 Å². The zero-order valence-corrected chi connectivity index (χ0v) is 18.0. The zero-order valence-electron chi connectivity index (χ0n) is 18.0. The molecule has 4 rings (SSSR count). The van der Waals surface area contributed by atoms with E-state index in [1.807, 2.05) is 30.5 Å². The average Bonchev–Trinajstić information content (AvgIpc) is 3.52. The number of anilines is 1. The minimum atomic E-state index is 0.165. The lowest BCUT2D eigenvalue weighted by Crippen LogP contribution is -2.24. The van der Waals surface area contributed by atoms with Crippen LogP contribution in [0.4, 0.5) is 5.69 Å². The first-order chi connectivity index (χ1) is 14.6. The predicted octanol–water partition coefficient (Wildman–Crippen LogP) is 5.00. The second-order valence-electron chi connectivity index (χ2n) is 8.59. The summed E-state index contributed by atoms with van der Waals surface area (Å²) < 4.78 is 11.9. The molecule has 2 heterocycles. The van der Waals surface area contributed by atoms with Crippen LogP contribution in [0.3, 0.4) is 0 Å². The Labute approximate surface area is 179 Å². The molecule has 0 N–H and O–H groups in total. The number of carbonyl (C=O) groups is 1. The van der Waals surface area contributed by atoms with Crippen molar-refractivity contribution in [2.45, 2.75) is 58.0 Å². The molecule has 1 saturated carbocycles. The molecule has 160 valence electrons. The molecule has 2 aromatic rings. The molecule has 1 saturated heterocycles. The molecule has 2 atom stereocenters. The fourth-order valence-corrected chi connectivity index (χ4v) is 4.00. The minimum Gasteiger partial charge on any atom is -0.489 e. The van der Waals surface area contributed by atoms with Gasteiger partial charge in [0, 0.05) is 43.3 Å². The van der Waals surface area contributed by atoms with Crippen LogP contribution in [0.5, 0.6) is 11.6 Å². The molecule has 0 bridgehead atoms. The summed E-state index contributed by atoms with van der Waals surface area (Å²) in [5.74, 6) is 2.62. The molecular weight excluding hydrogens is 376 g/mol. The number of Topliss-reactive ketones (excluding diaryl/α,β-unsaturated/α-hetero) is 1. The molecule has 0 unspecified atom stereocenters. The molecule has 0 spiro atoms. The lowest BCUT2D eigenvalue weighted by Gasteiger charge is -2.20. The number of ketones is 1. The molecule has 5 heteroatoms. The third kappa shape index (κ3) is 5.32. The minimum absolute atomic E-state index is 0.165. The van der Waals surface area contributed by atoms with Crippen LogP contribution in [0.2, 0.25) is 0 Å². The summed E-state index contributed by atoms with van der Waals surface area (Å²) in [4.78, 5) is 18.7. The van der Waals surface area contributed by atoms with E-state index in [0.29, 0.717) is 30.6 Å². The summed E-state index contributed by atoms with van der Waals surface area (Å²) in [6.07, 6.45) is 6.76. The van der Waals surface area contributed by atoms with E-state index in [0.717, 1.165) is 50.2 Å². The maximum absolute atomic E-state index is 12.1. The van der Waals surface area contributed by atoms with Gasteiger partial charge in [-0.15, -0.1) is 0 Å². The number of hydrogen-bond acceptors (Lipinski definition) is 5. The van der Waals surface area contributed by atoms with Crippen LogP contribution in [0.15, 0.2) is 42.6 Å². The predicted molar refractivity (Wildman–Crippen MR) is 118 cm³/mol. The monoisotopic (exact) mass is 408 g/mol. The van der Waals surface area contributed by atoms with Crippen molar-refractivity contribution in [1.82, 2.24) is 4.98 Å². The van der Waals surface area contributed by atoms with Crippen molar-refractivity contribution in [2.24, 2.45) is 5.92 Å². The third-order valence-corrected chi connectivity index (χ3v) is 5.97. The summed E-state index contributed by atoms with van der Waals surface area (Å²) in [5, 5.41) is 0. The molecule has 1 aliphatic heterocycles. The molecule has 2 aliphatic rings. The summed E-state index contributed by atoms with van der Waals surface area (Å²) in [5.41, 5.74) is 2.34. The number of benzene rings is 1. The van der Waals surface area contributed by atoms with Crippen LogP contribution in [0.25, 0.3) is 0 Å². The van der Waals surface area contributed by atoms with Gasteiger partial charge in [0.1, 0.15) is 17.6 Å². The molecule has 5 nitrogen and oxygen atoms in total. The van der Waals surface area contributed by atoms with Gasteiger partial charge in [0.05, 0.1) is 13.2 Å². The van der Waals surface area contributed by atoms with E-state index < -0.39 is 0 Å². The van der Waals surface area contributed by atoms with Gasteiger partial charge in [-0.2, -0.15) is 0 Å². The Hall–Kier alpha value is -2.56. The van der Waals surface area contributed by atoms with Gasteiger partial charge in [0.15, 0.2) is 0 Å². The summed E-state index contributed by atoms with van der Waals surface area (Å²) in [6, 6.07) is 12.3. The molecule has 1 aromatic carbocycles. The van der Waals surface area contributed by atoms with Gasteiger partial charge in [-0.1, -0.05) is 26.0 Å². The molecular formula is C25H32N2O3. The third-order valence-electron chi connectivity index (χ3n) is 5.97. The lowest BCUT2D eigenvalue weighted by atomic mass is 9.94. The second-order valence-corrected chi connectivity index (χ2v) is 8.59. The normalized spacial score (nSPS) is 19.5. The Kier molecular flexibility index (Phi) is 6.56. The fourth-order valence-electron chi connectivity index (χ4n) is 4.00. The van der Waals surface area contributed by atoms with Crippen molar-refractivity contribution in [2.75, 3.05) is 24.6 Å². The van der Waals surface area contributed by atoms with Crippen molar-refractivity contribution in [3.05, 3.63) is 48.2 Å². The highest BCUT2D eigenvalue weighted by atomic mass is 16.5. The van der Waals surface area contributed by atoms with Crippen LogP contribution in [0.1, 0.15) is 57.4 Å². The van der Waals surface area contributed by atoms with Crippen LogP contribution in [-0.2, 0) is 4.79 Å². The van der Waals surface area contributed by atoms with Gasteiger partial charge < -0.3 is 14.4 Å². The molecule has 30 heavy (non-hydrogen) atoms. The highest BCUT2D eigenvalue weighted by Crippen LogP contribution is 2.34. The first-order valence-electron chi connectivity index (χ1n) is 11.3. The van der Waals surface area contributed by atoms with Gasteiger partial charge in [-0.25, -0.2) is 4.98 Å². The number of pyridine rings is 1. The van der Waals surface area contributed by atoms with Crippen LogP contribution < -0.4 is 14.4 Å². The maximum atomic E-state index is 12.1. The first-order valence-corrected chi connectivity index (χ1v) is 11.3. The zero-order chi connectivity index (χ0) is 20.9. The van der Waals surface area contributed by atoms with Gasteiger partial charge >= 0.3 is 0 Å². The second kappa shape index (κ2) is 9.50. The van der Waals surface area contributed by atoms with Crippen LogP contribution in [0, 0.1) is 5.92 Å². The molecule has 1 aliphatic carbocycles. The van der Waals surface area contributed by atoms with Crippen molar-refractivity contribution in [3.63, 3.8) is 0 Å². The quantitative estimate of drug-likeness (QED) is 0.554. The van der Waals surface area contributed by atoms with E-state index in [9.17, 15) is 4.79 Å². The summed E-state index contributed by atoms with van der Waals surface area (Å²) in [7, 11) is 0. The number of nitrogens with zero attached hydrogens (tertiary/aromatic N) is 2. The van der Waals surface area contributed by atoms with Crippen molar-refractivity contribution in [1.29, 1.82) is 0 Å². The molecule has 1 aromatic heterocycles. The fraction of sp³-hybridized carbons (Fsp3) is 0.520. The Bertz CT molecular complexity index is 848. The van der Waals surface area contributed by atoms with Crippen LogP contribution >= 0.6 is 0 Å². The Balaban J connectivity index is 1.29. The van der Waals surface area contributed by atoms with Gasteiger partial charge in [0.25, 0.3) is 0 Å². The smallest absolute Gasteiger partial charge is 0.215 e. The number of hydrogen-bond donors (Lipinski definition) is 0. The van der Waals surface area contributed by atoms with E-state index in [4.69, 9.17) is 9.47 Å². The van der Waals surface area contributed by atoms with Crippen molar-refractivity contribution >= 4 is 11.5 Å². The Morgan fingerprint density at radius 3 is 2.73 bits per heavy atom. The standard InChI is InChI=1S/C25H32N2O3/c1-3-14-29-25-16-21(10-12-26-25)27-13-11-23(17-27)30-22-8-6-19(7-9-22)18(2)15-24(28)20-4-5-20/h6-10,12,16,18,20,23H,3-5,11,13-15,17H2,1-2H3/t18-,23-/m1/s1. The lowest BCUT2D eigenvalue weighted by molar-refractivity contribution is -0.120. The SMILES string of the molecule is CCCOc1cc(N2CC[C@@H](Oc3ccc([C@H](C)CC(=O)C4CC4)cc3)C2)ccn1. The van der Waals surface area contributed by atoms with E-state index in [2.05, 4.69) is 35.9 Å². The average molecular weight is 409 g/mol. The van der Waals surface area contributed by atoms with Gasteiger partial charge in [-0.3, -0.25) is 4.79 Å². The van der Waals surface area contributed by atoms with E-state index in [1.54, 1.807) is 0 Å². The molecule has 0 radical (unpaired) electrons. The number of rotatable bonds is 10. The Morgan fingerprint density at radius 2 is 2.00 bits per heavy atom. The number of carbonyl (C=O) groups excluding carboxylic acids is 1. The molecule has 2 fully saturated rings. The first kappa shape index (κ1) is 20.7. The maximum Gasteiger partial charge on any atom is 0.215 e.